The topological polar surface area (TPSA) is 92.9 Å². The van der Waals surface area contributed by atoms with Gasteiger partial charge in [0.1, 0.15) is 5.60 Å². The zero-order chi connectivity index (χ0) is 14.0. The summed E-state index contributed by atoms with van der Waals surface area (Å²) in [6.07, 6.45) is -0.248. The Morgan fingerprint density at radius 2 is 1.94 bits per heavy atom. The molecule has 0 aromatic rings. The number of nitrogens with zero attached hydrogens (tertiary/aromatic N) is 2. The van der Waals surface area contributed by atoms with Crippen molar-refractivity contribution in [1.29, 1.82) is 0 Å². The maximum absolute atomic E-state index is 12.1. The predicted octanol–water partition coefficient (Wildman–Crippen LogP) is 0.133. The molecule has 0 bridgehead atoms. The Bertz CT molecular complexity index is 400. The van der Waals surface area contributed by atoms with Crippen molar-refractivity contribution >= 4 is 16.3 Å². The van der Waals surface area contributed by atoms with Gasteiger partial charge in [-0.25, -0.2) is 4.79 Å². The Morgan fingerprint density at radius 1 is 1.33 bits per heavy atom. The van der Waals surface area contributed by atoms with Crippen molar-refractivity contribution in [3.63, 3.8) is 0 Å². The largest absolute Gasteiger partial charge is 0.443 e. The fraction of sp³-hybridized carbons (Fsp3) is 0.900. The molecule has 0 unspecified atom stereocenters. The van der Waals surface area contributed by atoms with Crippen LogP contribution in [0.15, 0.2) is 0 Å². The summed E-state index contributed by atoms with van der Waals surface area (Å²) in [6, 6.07) is 0. The van der Waals surface area contributed by atoms with Gasteiger partial charge in [0.15, 0.2) is 0 Å². The Hall–Kier alpha value is -0.860. The summed E-state index contributed by atoms with van der Waals surface area (Å²) in [5, 5.41) is 0. The lowest BCUT2D eigenvalue weighted by molar-refractivity contribution is 0.0364. The van der Waals surface area contributed by atoms with E-state index in [1.807, 2.05) is 0 Å². The number of amides is 1. The molecular weight excluding hydrogens is 258 g/mol. The van der Waals surface area contributed by atoms with E-state index in [9.17, 15) is 13.2 Å². The zero-order valence-corrected chi connectivity index (χ0v) is 11.9. The molecule has 0 spiro atoms. The van der Waals surface area contributed by atoms with Crippen LogP contribution in [0, 0.1) is 0 Å². The lowest BCUT2D eigenvalue weighted by atomic mass is 10.2. The van der Waals surface area contributed by atoms with Crippen molar-refractivity contribution in [2.24, 2.45) is 5.73 Å². The molecule has 0 radical (unpaired) electrons. The summed E-state index contributed by atoms with van der Waals surface area (Å²) in [6.45, 7) is 6.05. The highest BCUT2D eigenvalue weighted by molar-refractivity contribution is 7.87. The van der Waals surface area contributed by atoms with E-state index in [2.05, 4.69) is 0 Å². The van der Waals surface area contributed by atoms with Crippen LogP contribution in [0.2, 0.25) is 0 Å². The Kier molecular flexibility index (Phi) is 4.57. The van der Waals surface area contributed by atoms with E-state index in [1.54, 1.807) is 20.8 Å². The molecule has 1 amide bonds. The molecule has 1 heterocycles. The molecule has 7 nitrogen and oxygen atoms in total. The van der Waals surface area contributed by atoms with Gasteiger partial charge in [0.25, 0.3) is 0 Å². The van der Waals surface area contributed by atoms with Crippen LogP contribution in [0.1, 0.15) is 27.2 Å². The van der Waals surface area contributed by atoms with Crippen LogP contribution in [0.3, 0.4) is 0 Å². The van der Waals surface area contributed by atoms with Crippen LogP contribution in [-0.4, -0.2) is 54.9 Å². The highest BCUT2D eigenvalue weighted by Crippen LogP contribution is 2.19. The van der Waals surface area contributed by atoms with Crippen LogP contribution >= 0.6 is 0 Å². The van der Waals surface area contributed by atoms with Gasteiger partial charge in [-0.05, 0) is 27.2 Å². The molecular formula is C10H21N3O4S. The first-order valence-corrected chi connectivity index (χ1v) is 7.29. The Balaban J connectivity index is 2.85. The predicted molar refractivity (Wildman–Crippen MR) is 67.1 cm³/mol. The quantitative estimate of drug-likeness (QED) is 0.775. The summed E-state index contributed by atoms with van der Waals surface area (Å²) >= 11 is 0. The third kappa shape index (κ3) is 3.56. The standard InChI is InChI=1S/C10H21N3O4S/c1-10(2,3)17-9(14)13-7-4-6-12(8-5-11)18(13,15)16/h4-8,11H2,1-3H3. The van der Waals surface area contributed by atoms with E-state index in [0.717, 1.165) is 4.31 Å². The molecule has 8 heteroatoms. The highest BCUT2D eigenvalue weighted by atomic mass is 32.2. The number of hydrogen-bond acceptors (Lipinski definition) is 5. The van der Waals surface area contributed by atoms with E-state index in [1.165, 1.54) is 4.31 Å². The van der Waals surface area contributed by atoms with Crippen molar-refractivity contribution in [3.8, 4) is 0 Å². The summed E-state index contributed by atoms with van der Waals surface area (Å²) in [5.41, 5.74) is 4.64. The van der Waals surface area contributed by atoms with E-state index < -0.39 is 21.9 Å². The van der Waals surface area contributed by atoms with Crippen molar-refractivity contribution in [2.45, 2.75) is 32.8 Å². The maximum Gasteiger partial charge on any atom is 0.425 e. The molecule has 1 saturated heterocycles. The van der Waals surface area contributed by atoms with Crippen LogP contribution in [0.25, 0.3) is 0 Å². The first kappa shape index (κ1) is 15.2. The summed E-state index contributed by atoms with van der Waals surface area (Å²) in [7, 11) is -3.79. The van der Waals surface area contributed by atoms with Crippen LogP contribution in [-0.2, 0) is 14.9 Å². The molecule has 106 valence electrons. The van der Waals surface area contributed by atoms with Gasteiger partial charge in [-0.1, -0.05) is 0 Å². The minimum absolute atomic E-state index is 0.151. The number of hydrogen-bond donors (Lipinski definition) is 1. The zero-order valence-electron chi connectivity index (χ0n) is 11.0. The molecule has 2 N–H and O–H groups in total. The van der Waals surface area contributed by atoms with E-state index >= 15 is 0 Å². The summed E-state index contributed by atoms with van der Waals surface area (Å²) in [4.78, 5) is 11.8. The molecule has 0 aromatic carbocycles. The van der Waals surface area contributed by atoms with Crippen molar-refractivity contribution in [3.05, 3.63) is 0 Å². The maximum atomic E-state index is 12.1. The first-order valence-electron chi connectivity index (χ1n) is 5.89. The Labute approximate surface area is 108 Å². The lowest BCUT2D eigenvalue weighted by Gasteiger charge is -2.35. The SMILES string of the molecule is CC(C)(C)OC(=O)N1CCCN(CCN)S1(=O)=O. The van der Waals surface area contributed by atoms with Crippen LogP contribution < -0.4 is 5.73 Å². The van der Waals surface area contributed by atoms with Gasteiger partial charge < -0.3 is 10.5 Å². The van der Waals surface area contributed by atoms with Gasteiger partial charge in [0.05, 0.1) is 0 Å². The fourth-order valence-electron chi connectivity index (χ4n) is 1.63. The minimum Gasteiger partial charge on any atom is -0.443 e. The summed E-state index contributed by atoms with van der Waals surface area (Å²) < 4.78 is 31.3. The van der Waals surface area contributed by atoms with Gasteiger partial charge in [-0.2, -0.15) is 17.0 Å². The molecule has 0 aliphatic carbocycles. The molecule has 1 aliphatic heterocycles. The number of ether oxygens (including phenoxy) is 1. The van der Waals surface area contributed by atoms with E-state index in [-0.39, 0.29) is 19.6 Å². The summed E-state index contributed by atoms with van der Waals surface area (Å²) in [5.74, 6) is 0. The number of nitrogens with two attached hydrogens (primary N) is 1. The molecule has 0 saturated carbocycles. The normalized spacial score (nSPS) is 20.8. The second-order valence-electron chi connectivity index (χ2n) is 5.10. The Morgan fingerprint density at radius 3 is 2.44 bits per heavy atom. The second kappa shape index (κ2) is 5.41. The second-order valence-corrected chi connectivity index (χ2v) is 6.95. The van der Waals surface area contributed by atoms with Crippen molar-refractivity contribution in [1.82, 2.24) is 8.61 Å². The third-order valence-electron chi connectivity index (χ3n) is 2.35. The minimum atomic E-state index is -3.79. The highest BCUT2D eigenvalue weighted by Gasteiger charge is 2.38. The van der Waals surface area contributed by atoms with Gasteiger partial charge >= 0.3 is 16.3 Å². The molecule has 0 aromatic heterocycles. The first-order chi connectivity index (χ1) is 8.18. The number of rotatable bonds is 2. The fourth-order valence-corrected chi connectivity index (χ4v) is 3.19. The average molecular weight is 279 g/mol. The average Bonchev–Trinajstić information content (AvgIpc) is 2.18. The van der Waals surface area contributed by atoms with Crippen molar-refractivity contribution in [2.75, 3.05) is 26.2 Å². The van der Waals surface area contributed by atoms with Gasteiger partial charge in [-0.15, -0.1) is 0 Å². The number of carbonyl (C=O) groups excluding carboxylic acids is 1. The molecule has 18 heavy (non-hydrogen) atoms. The molecule has 0 atom stereocenters. The van der Waals surface area contributed by atoms with E-state index in [4.69, 9.17) is 10.5 Å². The number of carbonyl (C=O) groups is 1. The van der Waals surface area contributed by atoms with E-state index in [0.29, 0.717) is 13.0 Å². The van der Waals surface area contributed by atoms with Gasteiger partial charge in [0.2, 0.25) is 0 Å². The monoisotopic (exact) mass is 279 g/mol. The van der Waals surface area contributed by atoms with Crippen LogP contribution in [0.5, 0.6) is 0 Å². The lowest BCUT2D eigenvalue weighted by Crippen LogP contribution is -2.54. The van der Waals surface area contributed by atoms with Gasteiger partial charge in [-0.3, -0.25) is 0 Å². The smallest absolute Gasteiger partial charge is 0.425 e. The molecule has 1 fully saturated rings. The molecule has 1 rings (SSSR count). The van der Waals surface area contributed by atoms with Crippen molar-refractivity contribution < 1.29 is 17.9 Å². The van der Waals surface area contributed by atoms with Crippen LogP contribution in [0.4, 0.5) is 4.79 Å². The van der Waals surface area contributed by atoms with Gasteiger partial charge in [0, 0.05) is 26.2 Å². The molecule has 1 aliphatic rings. The third-order valence-corrected chi connectivity index (χ3v) is 4.26.